The maximum absolute atomic E-state index is 8.73. The monoisotopic (exact) mass is 314 g/mol. The first-order chi connectivity index (χ1) is 10.6. The van der Waals surface area contributed by atoms with Gasteiger partial charge in [0, 0.05) is 46.7 Å². The zero-order chi connectivity index (χ0) is 15.9. The largest absolute Gasteiger partial charge is 0.384 e. The quantitative estimate of drug-likeness (QED) is 0.862. The second-order valence-electron chi connectivity index (χ2n) is 5.55. The molecule has 0 aliphatic heterocycles. The molecular weight excluding hydrogens is 292 g/mol. The summed E-state index contributed by atoms with van der Waals surface area (Å²) in [5.74, 6) is 5.63. The molecule has 2 aromatic heterocycles. The van der Waals surface area contributed by atoms with Crippen LogP contribution in [-0.2, 0) is 13.0 Å². The predicted molar refractivity (Wildman–Crippen MR) is 91.9 cm³/mol. The number of nitrogens with zero attached hydrogens (tertiary/aromatic N) is 2. The molecule has 0 amide bonds. The van der Waals surface area contributed by atoms with E-state index >= 15 is 0 Å². The van der Waals surface area contributed by atoms with Crippen molar-refractivity contribution < 1.29 is 5.11 Å². The number of aryl methyl sites for hydroxylation is 1. The summed E-state index contributed by atoms with van der Waals surface area (Å²) in [6.07, 6.45) is 2.82. The summed E-state index contributed by atoms with van der Waals surface area (Å²) in [6.45, 7) is 5.13. The van der Waals surface area contributed by atoms with E-state index in [1.165, 1.54) is 10.4 Å². The van der Waals surface area contributed by atoms with E-state index in [-0.39, 0.29) is 6.61 Å². The van der Waals surface area contributed by atoms with Crippen molar-refractivity contribution in [2.24, 2.45) is 0 Å². The first-order valence-electron chi connectivity index (χ1n) is 7.37. The van der Waals surface area contributed by atoms with Crippen LogP contribution in [0.15, 0.2) is 29.8 Å². The maximum atomic E-state index is 8.73. The smallest absolute Gasteiger partial charge is 0.104 e. The van der Waals surface area contributed by atoms with E-state index in [2.05, 4.69) is 54.8 Å². The van der Waals surface area contributed by atoms with Crippen molar-refractivity contribution in [3.8, 4) is 11.8 Å². The Morgan fingerprint density at radius 2 is 2.23 bits per heavy atom. The number of thiophene rings is 1. The molecule has 2 heterocycles. The Labute approximate surface area is 136 Å². The van der Waals surface area contributed by atoms with Crippen LogP contribution in [0.5, 0.6) is 0 Å². The summed E-state index contributed by atoms with van der Waals surface area (Å²) in [5, 5.41) is 10.8. The molecule has 2 aromatic rings. The number of pyridine rings is 1. The van der Waals surface area contributed by atoms with Crippen LogP contribution in [0, 0.1) is 18.8 Å². The molecule has 0 aliphatic rings. The highest BCUT2D eigenvalue weighted by Gasteiger charge is 2.12. The summed E-state index contributed by atoms with van der Waals surface area (Å²) in [6, 6.07) is 6.70. The van der Waals surface area contributed by atoms with Crippen LogP contribution in [0.1, 0.15) is 28.6 Å². The third-order valence-corrected chi connectivity index (χ3v) is 4.52. The molecule has 1 atom stereocenters. The normalized spacial score (nSPS) is 12.0. The van der Waals surface area contributed by atoms with E-state index in [1.54, 1.807) is 11.3 Å². The molecule has 4 heteroatoms. The second kappa shape index (κ2) is 8.09. The molecule has 0 aromatic carbocycles. The fourth-order valence-electron chi connectivity index (χ4n) is 2.24. The van der Waals surface area contributed by atoms with Crippen LogP contribution < -0.4 is 0 Å². The molecule has 3 nitrogen and oxygen atoms in total. The Bertz CT molecular complexity index is 669. The number of hydrogen-bond donors (Lipinski definition) is 1. The van der Waals surface area contributed by atoms with Gasteiger partial charge in [0.1, 0.15) is 6.61 Å². The molecule has 0 saturated heterocycles. The lowest BCUT2D eigenvalue weighted by molar-refractivity contribution is 0.249. The first kappa shape index (κ1) is 16.7. The van der Waals surface area contributed by atoms with E-state index in [1.807, 2.05) is 17.6 Å². The van der Waals surface area contributed by atoms with Crippen LogP contribution >= 0.6 is 11.3 Å². The lowest BCUT2D eigenvalue weighted by atomic mass is 10.1. The van der Waals surface area contributed by atoms with E-state index < -0.39 is 0 Å². The summed E-state index contributed by atoms with van der Waals surface area (Å²) < 4.78 is 0. The Morgan fingerprint density at radius 1 is 1.41 bits per heavy atom. The molecule has 1 N–H and O–H groups in total. The molecule has 0 spiro atoms. The van der Waals surface area contributed by atoms with Crippen molar-refractivity contribution in [2.75, 3.05) is 13.7 Å². The minimum Gasteiger partial charge on any atom is -0.384 e. The number of hydrogen-bond acceptors (Lipinski definition) is 4. The summed E-state index contributed by atoms with van der Waals surface area (Å²) in [5.41, 5.74) is 3.38. The topological polar surface area (TPSA) is 36.4 Å². The van der Waals surface area contributed by atoms with Gasteiger partial charge >= 0.3 is 0 Å². The SMILES string of the molecule is Cc1ccnc(C[C@H](C)N(C)Cc2cc(C#CCO)cs2)c1. The molecule has 0 saturated carbocycles. The number of aliphatic hydroxyl groups excluding tert-OH is 1. The lowest BCUT2D eigenvalue weighted by Crippen LogP contribution is -2.30. The van der Waals surface area contributed by atoms with Gasteiger partial charge in [0.2, 0.25) is 0 Å². The molecular formula is C18H22N2OS. The van der Waals surface area contributed by atoms with Crippen LogP contribution in [0.2, 0.25) is 0 Å². The zero-order valence-electron chi connectivity index (χ0n) is 13.3. The van der Waals surface area contributed by atoms with Crippen LogP contribution in [0.3, 0.4) is 0 Å². The fourth-order valence-corrected chi connectivity index (χ4v) is 3.12. The molecule has 0 fully saturated rings. The van der Waals surface area contributed by atoms with Crippen molar-refractivity contribution in [1.29, 1.82) is 0 Å². The van der Waals surface area contributed by atoms with E-state index in [0.717, 1.165) is 24.2 Å². The van der Waals surface area contributed by atoms with Gasteiger partial charge in [-0.25, -0.2) is 0 Å². The third kappa shape index (κ3) is 4.96. The average Bonchev–Trinajstić information content (AvgIpc) is 2.92. The van der Waals surface area contributed by atoms with Gasteiger partial charge in [0.25, 0.3) is 0 Å². The fraction of sp³-hybridized carbons (Fsp3) is 0.389. The molecule has 2 rings (SSSR count). The van der Waals surface area contributed by atoms with Crippen molar-refractivity contribution in [3.05, 3.63) is 51.5 Å². The van der Waals surface area contributed by atoms with Gasteiger partial charge in [-0.15, -0.1) is 11.3 Å². The van der Waals surface area contributed by atoms with Gasteiger partial charge in [-0.05, 0) is 44.7 Å². The lowest BCUT2D eigenvalue weighted by Gasteiger charge is -2.23. The Hall–Kier alpha value is -1.67. The van der Waals surface area contributed by atoms with Crippen molar-refractivity contribution in [1.82, 2.24) is 9.88 Å². The van der Waals surface area contributed by atoms with Gasteiger partial charge in [-0.1, -0.05) is 11.8 Å². The van der Waals surface area contributed by atoms with Crippen LogP contribution in [0.25, 0.3) is 0 Å². The van der Waals surface area contributed by atoms with Gasteiger partial charge in [-0.3, -0.25) is 9.88 Å². The Kier molecular flexibility index (Phi) is 6.14. The minimum atomic E-state index is -0.0917. The molecule has 116 valence electrons. The van der Waals surface area contributed by atoms with Crippen LogP contribution in [0.4, 0.5) is 0 Å². The molecule has 0 unspecified atom stereocenters. The number of aromatic nitrogens is 1. The first-order valence-corrected chi connectivity index (χ1v) is 8.25. The van der Waals surface area contributed by atoms with E-state index in [4.69, 9.17) is 5.11 Å². The van der Waals surface area contributed by atoms with Crippen LogP contribution in [-0.4, -0.2) is 34.7 Å². The van der Waals surface area contributed by atoms with E-state index in [0.29, 0.717) is 6.04 Å². The summed E-state index contributed by atoms with van der Waals surface area (Å²) in [4.78, 5) is 8.06. The Balaban J connectivity index is 1.93. The summed E-state index contributed by atoms with van der Waals surface area (Å²) >= 11 is 1.71. The molecule has 0 aliphatic carbocycles. The molecule has 22 heavy (non-hydrogen) atoms. The third-order valence-electron chi connectivity index (χ3n) is 3.60. The van der Waals surface area contributed by atoms with E-state index in [9.17, 15) is 0 Å². The highest BCUT2D eigenvalue weighted by atomic mass is 32.1. The van der Waals surface area contributed by atoms with Gasteiger partial charge < -0.3 is 5.11 Å². The second-order valence-corrected chi connectivity index (χ2v) is 6.55. The highest BCUT2D eigenvalue weighted by molar-refractivity contribution is 7.10. The minimum absolute atomic E-state index is 0.0917. The predicted octanol–water partition coefficient (Wildman–Crippen LogP) is 2.86. The zero-order valence-corrected chi connectivity index (χ0v) is 14.2. The van der Waals surface area contributed by atoms with Crippen molar-refractivity contribution in [3.63, 3.8) is 0 Å². The molecule has 0 radical (unpaired) electrons. The van der Waals surface area contributed by atoms with Crippen molar-refractivity contribution >= 4 is 11.3 Å². The highest BCUT2D eigenvalue weighted by Crippen LogP contribution is 2.17. The van der Waals surface area contributed by atoms with Crippen molar-refractivity contribution in [2.45, 2.75) is 32.9 Å². The number of rotatable bonds is 5. The summed E-state index contributed by atoms with van der Waals surface area (Å²) in [7, 11) is 2.14. The number of likely N-dealkylation sites (N-methyl/N-ethyl adjacent to an activating group) is 1. The Morgan fingerprint density at radius 3 is 2.95 bits per heavy atom. The molecule has 0 bridgehead atoms. The standard InChI is InChI=1S/C18H22N2OS/c1-14-6-7-19-17(9-14)10-15(2)20(3)12-18-11-16(13-22-18)5-4-8-21/h6-7,9,11,13,15,21H,8,10,12H2,1-3H3/t15-/m0/s1. The maximum Gasteiger partial charge on any atom is 0.104 e. The number of aliphatic hydroxyl groups is 1. The van der Waals surface area contributed by atoms with Gasteiger partial charge in [0.15, 0.2) is 0 Å². The van der Waals surface area contributed by atoms with Gasteiger partial charge in [-0.2, -0.15) is 0 Å². The van der Waals surface area contributed by atoms with Gasteiger partial charge in [0.05, 0.1) is 0 Å². The average molecular weight is 314 g/mol.